The van der Waals surface area contributed by atoms with Crippen LogP contribution in [0.4, 0.5) is 4.39 Å². The molecule has 1 aromatic rings. The fourth-order valence-electron chi connectivity index (χ4n) is 3.15. The largest absolute Gasteiger partial charge is 0.316 e. The van der Waals surface area contributed by atoms with Gasteiger partial charge in [-0.05, 0) is 37.9 Å². The Morgan fingerprint density at radius 2 is 2.00 bits per heavy atom. The number of hydrogen-bond donors (Lipinski definition) is 1. The molecule has 3 heteroatoms. The summed E-state index contributed by atoms with van der Waals surface area (Å²) in [6.45, 7) is 7.29. The van der Waals surface area contributed by atoms with E-state index in [1.54, 1.807) is 6.07 Å². The maximum Gasteiger partial charge on any atom is 0.127 e. The number of aryl methyl sites for hydroxylation is 1. The highest BCUT2D eigenvalue weighted by atomic mass is 19.1. The van der Waals surface area contributed by atoms with E-state index in [1.807, 2.05) is 19.1 Å². The first-order valence-corrected chi connectivity index (χ1v) is 6.40. The third-order valence-corrected chi connectivity index (χ3v) is 4.06. The van der Waals surface area contributed by atoms with Crippen molar-refractivity contribution in [3.05, 3.63) is 35.1 Å². The van der Waals surface area contributed by atoms with Gasteiger partial charge in [0.2, 0.25) is 0 Å². The molecule has 2 saturated heterocycles. The van der Waals surface area contributed by atoms with E-state index in [0.29, 0.717) is 0 Å². The van der Waals surface area contributed by atoms with Crippen LogP contribution in [0.3, 0.4) is 0 Å². The van der Waals surface area contributed by atoms with Crippen molar-refractivity contribution in [3.8, 4) is 0 Å². The van der Waals surface area contributed by atoms with Crippen molar-refractivity contribution in [2.75, 3.05) is 26.2 Å². The highest BCUT2D eigenvalue weighted by Crippen LogP contribution is 2.27. The number of benzene rings is 1. The molecular formula is C14H19FN2. The Balaban J connectivity index is 1.69. The zero-order valence-corrected chi connectivity index (χ0v) is 10.2. The number of nitrogens with zero attached hydrogens (tertiary/aromatic N) is 1. The van der Waals surface area contributed by atoms with Gasteiger partial charge in [0.15, 0.2) is 0 Å². The summed E-state index contributed by atoms with van der Waals surface area (Å²) in [6.07, 6.45) is 0. The lowest BCUT2D eigenvalue weighted by molar-refractivity contribution is 0.301. The normalized spacial score (nSPS) is 28.6. The molecule has 2 aliphatic rings. The number of halogens is 1. The Kier molecular flexibility index (Phi) is 2.89. The summed E-state index contributed by atoms with van der Waals surface area (Å²) in [7, 11) is 0. The Morgan fingerprint density at radius 1 is 1.29 bits per heavy atom. The second-order valence-electron chi connectivity index (χ2n) is 5.47. The van der Waals surface area contributed by atoms with Gasteiger partial charge in [-0.1, -0.05) is 17.7 Å². The van der Waals surface area contributed by atoms with Crippen LogP contribution >= 0.6 is 0 Å². The van der Waals surface area contributed by atoms with Gasteiger partial charge in [0.25, 0.3) is 0 Å². The fraction of sp³-hybridized carbons (Fsp3) is 0.571. The number of likely N-dealkylation sites (tertiary alicyclic amines) is 1. The van der Waals surface area contributed by atoms with Gasteiger partial charge in [-0.25, -0.2) is 4.39 Å². The van der Waals surface area contributed by atoms with E-state index < -0.39 is 0 Å². The van der Waals surface area contributed by atoms with Crippen LogP contribution in [0.15, 0.2) is 18.2 Å². The van der Waals surface area contributed by atoms with E-state index in [0.717, 1.165) is 55.7 Å². The molecule has 2 aliphatic heterocycles. The lowest BCUT2D eigenvalue weighted by Crippen LogP contribution is -2.25. The lowest BCUT2D eigenvalue weighted by atomic mass is 10.0. The van der Waals surface area contributed by atoms with Crippen molar-refractivity contribution in [3.63, 3.8) is 0 Å². The highest BCUT2D eigenvalue weighted by molar-refractivity contribution is 5.24. The SMILES string of the molecule is Cc1ccc(F)c(CN2CC3CNCC3C2)c1. The molecule has 92 valence electrons. The van der Waals surface area contributed by atoms with Crippen LogP contribution in [0.2, 0.25) is 0 Å². The summed E-state index contributed by atoms with van der Waals surface area (Å²) in [5, 5.41) is 3.43. The Morgan fingerprint density at radius 3 is 2.71 bits per heavy atom. The van der Waals surface area contributed by atoms with Gasteiger partial charge >= 0.3 is 0 Å². The fourth-order valence-corrected chi connectivity index (χ4v) is 3.15. The van der Waals surface area contributed by atoms with E-state index in [1.165, 1.54) is 0 Å². The van der Waals surface area contributed by atoms with Crippen molar-refractivity contribution in [1.29, 1.82) is 0 Å². The second-order valence-corrected chi connectivity index (χ2v) is 5.47. The average molecular weight is 234 g/mol. The molecule has 0 bridgehead atoms. The summed E-state index contributed by atoms with van der Waals surface area (Å²) in [4.78, 5) is 2.40. The van der Waals surface area contributed by atoms with E-state index >= 15 is 0 Å². The Hall–Kier alpha value is -0.930. The minimum atomic E-state index is -0.0641. The molecule has 2 nitrogen and oxygen atoms in total. The average Bonchev–Trinajstić information content (AvgIpc) is 2.83. The summed E-state index contributed by atoms with van der Waals surface area (Å²) < 4.78 is 13.7. The molecule has 3 rings (SSSR count). The molecular weight excluding hydrogens is 215 g/mol. The highest BCUT2D eigenvalue weighted by Gasteiger charge is 2.35. The molecule has 0 radical (unpaired) electrons. The first-order chi connectivity index (χ1) is 8.22. The molecule has 0 aliphatic carbocycles. The summed E-state index contributed by atoms with van der Waals surface area (Å²) in [6, 6.07) is 5.40. The first-order valence-electron chi connectivity index (χ1n) is 6.40. The molecule has 2 fully saturated rings. The zero-order chi connectivity index (χ0) is 11.8. The molecule has 0 saturated carbocycles. The van der Waals surface area contributed by atoms with Gasteiger partial charge in [-0.2, -0.15) is 0 Å². The van der Waals surface area contributed by atoms with Crippen LogP contribution in [0.1, 0.15) is 11.1 Å². The minimum absolute atomic E-state index is 0.0641. The number of fused-ring (bicyclic) bond motifs is 1. The first kappa shape index (κ1) is 11.2. The van der Waals surface area contributed by atoms with Crippen LogP contribution in [0.5, 0.6) is 0 Å². The van der Waals surface area contributed by atoms with Crippen molar-refractivity contribution in [2.24, 2.45) is 11.8 Å². The van der Waals surface area contributed by atoms with Crippen LogP contribution in [0.25, 0.3) is 0 Å². The minimum Gasteiger partial charge on any atom is -0.316 e. The summed E-state index contributed by atoms with van der Waals surface area (Å²) in [5.74, 6) is 1.50. The Labute approximate surface area is 102 Å². The molecule has 0 aromatic heterocycles. The van der Waals surface area contributed by atoms with Gasteiger partial charge in [0, 0.05) is 25.2 Å². The van der Waals surface area contributed by atoms with Gasteiger partial charge in [-0.15, -0.1) is 0 Å². The van der Waals surface area contributed by atoms with Crippen molar-refractivity contribution >= 4 is 0 Å². The molecule has 1 N–H and O–H groups in total. The number of nitrogens with one attached hydrogen (secondary N) is 1. The molecule has 1 aromatic carbocycles. The van der Waals surface area contributed by atoms with E-state index in [-0.39, 0.29) is 5.82 Å². The number of hydrogen-bond acceptors (Lipinski definition) is 2. The Bertz CT molecular complexity index is 407. The standard InChI is InChI=1S/C14H19FN2/c1-10-2-3-14(15)11(4-10)7-17-8-12-5-16-6-13(12)9-17/h2-4,12-13,16H,5-9H2,1H3. The monoisotopic (exact) mass is 234 g/mol. The van der Waals surface area contributed by atoms with Crippen molar-refractivity contribution < 1.29 is 4.39 Å². The van der Waals surface area contributed by atoms with Crippen molar-refractivity contribution in [1.82, 2.24) is 10.2 Å². The van der Waals surface area contributed by atoms with Crippen LogP contribution in [0, 0.1) is 24.6 Å². The van der Waals surface area contributed by atoms with Crippen LogP contribution in [-0.2, 0) is 6.54 Å². The second kappa shape index (κ2) is 4.39. The van der Waals surface area contributed by atoms with E-state index in [2.05, 4.69) is 10.2 Å². The van der Waals surface area contributed by atoms with Gasteiger partial charge in [0.05, 0.1) is 0 Å². The van der Waals surface area contributed by atoms with Gasteiger partial charge in [0.1, 0.15) is 5.82 Å². The maximum atomic E-state index is 13.7. The smallest absolute Gasteiger partial charge is 0.127 e. The van der Waals surface area contributed by atoms with E-state index in [4.69, 9.17) is 0 Å². The number of rotatable bonds is 2. The van der Waals surface area contributed by atoms with E-state index in [9.17, 15) is 4.39 Å². The third kappa shape index (κ3) is 2.22. The molecule has 2 heterocycles. The van der Waals surface area contributed by atoms with Crippen molar-refractivity contribution in [2.45, 2.75) is 13.5 Å². The molecule has 0 spiro atoms. The third-order valence-electron chi connectivity index (χ3n) is 4.06. The van der Waals surface area contributed by atoms with Crippen LogP contribution in [-0.4, -0.2) is 31.1 Å². The van der Waals surface area contributed by atoms with Crippen LogP contribution < -0.4 is 5.32 Å². The maximum absolute atomic E-state index is 13.7. The molecule has 0 amide bonds. The summed E-state index contributed by atoms with van der Waals surface area (Å²) in [5.41, 5.74) is 1.99. The molecule has 17 heavy (non-hydrogen) atoms. The molecule has 2 unspecified atom stereocenters. The van der Waals surface area contributed by atoms with Gasteiger partial charge < -0.3 is 5.32 Å². The predicted molar refractivity (Wildman–Crippen MR) is 66.3 cm³/mol. The lowest BCUT2D eigenvalue weighted by Gasteiger charge is -2.17. The quantitative estimate of drug-likeness (QED) is 0.839. The zero-order valence-electron chi connectivity index (χ0n) is 10.2. The topological polar surface area (TPSA) is 15.3 Å². The molecule has 2 atom stereocenters. The van der Waals surface area contributed by atoms with Gasteiger partial charge in [-0.3, -0.25) is 4.90 Å². The summed E-state index contributed by atoms with van der Waals surface area (Å²) >= 11 is 0. The predicted octanol–water partition coefficient (Wildman–Crippen LogP) is 1.79.